The van der Waals surface area contributed by atoms with E-state index in [4.69, 9.17) is 11.6 Å². The zero-order valence-corrected chi connectivity index (χ0v) is 18.1. The van der Waals surface area contributed by atoms with Crippen LogP contribution in [0.25, 0.3) is 0 Å². The van der Waals surface area contributed by atoms with Gasteiger partial charge in [-0.3, -0.25) is 0 Å². The third-order valence-electron chi connectivity index (χ3n) is 5.63. The first-order valence-electron chi connectivity index (χ1n) is 9.84. The molecule has 0 saturated carbocycles. The molecule has 1 aliphatic heterocycles. The molecule has 0 spiro atoms. The van der Waals surface area contributed by atoms with E-state index in [-0.39, 0.29) is 23.9 Å². The summed E-state index contributed by atoms with van der Waals surface area (Å²) in [6, 6.07) is 9.46. The molecule has 3 rings (SSSR count). The fraction of sp³-hybridized carbons (Fsp3) is 0.455. The van der Waals surface area contributed by atoms with E-state index in [0.717, 1.165) is 17.7 Å². The first-order valence-corrected chi connectivity index (χ1v) is 10.2. The number of halogens is 1. The smallest absolute Gasteiger partial charge is 0.337 e. The second-order valence-corrected chi connectivity index (χ2v) is 8.61. The minimum atomic E-state index is -0.925. The highest BCUT2D eigenvalue weighted by Crippen LogP contribution is 2.37. The Hall–Kier alpha value is -2.47. The van der Waals surface area contributed by atoms with Crippen molar-refractivity contribution in [1.29, 1.82) is 0 Å². The molecule has 1 atom stereocenters. The van der Waals surface area contributed by atoms with E-state index in [1.807, 2.05) is 49.1 Å². The van der Waals surface area contributed by atoms with Crippen molar-refractivity contribution in [3.8, 4) is 0 Å². The standard InChI is InChI=1S/C22H28ClN3O3/c1-14(2)26-10-9-18(21(27)28)20(26)19(16-5-7-17(23)8-6-16)11-15-12-24(3)22(29)25(4)13-15/h5-10,14-15,19H,11-13H2,1-4H3,(H,27,28). The van der Waals surface area contributed by atoms with Crippen molar-refractivity contribution < 1.29 is 14.7 Å². The predicted molar refractivity (Wildman–Crippen MR) is 114 cm³/mol. The summed E-state index contributed by atoms with van der Waals surface area (Å²) in [4.78, 5) is 27.6. The van der Waals surface area contributed by atoms with Gasteiger partial charge in [-0.1, -0.05) is 23.7 Å². The van der Waals surface area contributed by atoms with Crippen molar-refractivity contribution in [2.45, 2.75) is 32.2 Å². The van der Waals surface area contributed by atoms with Crippen LogP contribution in [-0.4, -0.2) is 58.7 Å². The predicted octanol–water partition coefficient (Wildman–Crippen LogP) is 4.56. The molecule has 1 N–H and O–H groups in total. The summed E-state index contributed by atoms with van der Waals surface area (Å²) in [7, 11) is 3.61. The number of aromatic nitrogens is 1. The van der Waals surface area contributed by atoms with Gasteiger partial charge in [0.05, 0.1) is 5.56 Å². The minimum Gasteiger partial charge on any atom is -0.478 e. The highest BCUT2D eigenvalue weighted by Gasteiger charge is 2.33. The molecule has 2 aromatic rings. The molecule has 6 nitrogen and oxygen atoms in total. The Morgan fingerprint density at radius 1 is 1.14 bits per heavy atom. The van der Waals surface area contributed by atoms with Crippen molar-refractivity contribution in [2.75, 3.05) is 27.2 Å². The van der Waals surface area contributed by atoms with Gasteiger partial charge in [0.1, 0.15) is 0 Å². The Morgan fingerprint density at radius 3 is 2.24 bits per heavy atom. The van der Waals surface area contributed by atoms with E-state index < -0.39 is 5.97 Å². The highest BCUT2D eigenvalue weighted by molar-refractivity contribution is 6.30. The summed E-state index contributed by atoms with van der Waals surface area (Å²) in [5.41, 5.74) is 2.16. The zero-order valence-electron chi connectivity index (χ0n) is 17.3. The maximum absolute atomic E-state index is 12.1. The Labute approximate surface area is 176 Å². The van der Waals surface area contributed by atoms with Gasteiger partial charge in [0.25, 0.3) is 0 Å². The number of hydrogen-bond acceptors (Lipinski definition) is 2. The normalized spacial score (nSPS) is 16.6. The fourth-order valence-corrected chi connectivity index (χ4v) is 4.45. The number of carbonyl (C=O) groups excluding carboxylic acids is 1. The van der Waals surface area contributed by atoms with Crippen LogP contribution >= 0.6 is 11.6 Å². The van der Waals surface area contributed by atoms with Crippen LogP contribution in [0.15, 0.2) is 36.5 Å². The number of rotatable bonds is 6. The van der Waals surface area contributed by atoms with Gasteiger partial charge in [0.2, 0.25) is 0 Å². The van der Waals surface area contributed by atoms with Gasteiger partial charge in [0.15, 0.2) is 0 Å². The molecular weight excluding hydrogens is 390 g/mol. The van der Waals surface area contributed by atoms with Crippen molar-refractivity contribution in [1.82, 2.24) is 14.4 Å². The number of amides is 2. The van der Waals surface area contributed by atoms with Crippen LogP contribution in [0, 0.1) is 5.92 Å². The van der Waals surface area contributed by atoms with Crippen LogP contribution in [0.5, 0.6) is 0 Å². The zero-order chi connectivity index (χ0) is 21.3. The largest absolute Gasteiger partial charge is 0.478 e. The second-order valence-electron chi connectivity index (χ2n) is 8.17. The number of carboxylic acid groups (broad SMARTS) is 1. The molecule has 0 aliphatic carbocycles. The lowest BCUT2D eigenvalue weighted by Gasteiger charge is -2.38. The number of carbonyl (C=O) groups is 2. The first-order chi connectivity index (χ1) is 13.7. The Bertz CT molecular complexity index is 877. The van der Waals surface area contributed by atoms with Gasteiger partial charge in [-0.15, -0.1) is 0 Å². The van der Waals surface area contributed by atoms with Gasteiger partial charge in [-0.25, -0.2) is 9.59 Å². The third-order valence-corrected chi connectivity index (χ3v) is 5.88. The van der Waals surface area contributed by atoms with Crippen LogP contribution in [0.3, 0.4) is 0 Å². The monoisotopic (exact) mass is 417 g/mol. The van der Waals surface area contributed by atoms with Gasteiger partial charge in [-0.2, -0.15) is 0 Å². The number of urea groups is 1. The van der Waals surface area contributed by atoms with Crippen molar-refractivity contribution in [2.24, 2.45) is 5.92 Å². The first kappa shape index (κ1) is 21.2. The Balaban J connectivity index is 2.05. The van der Waals surface area contributed by atoms with E-state index in [9.17, 15) is 14.7 Å². The van der Waals surface area contributed by atoms with Crippen LogP contribution in [0.4, 0.5) is 4.79 Å². The lowest BCUT2D eigenvalue weighted by molar-refractivity contribution is 0.0694. The molecule has 0 bridgehead atoms. The van der Waals surface area contributed by atoms with Gasteiger partial charge < -0.3 is 19.5 Å². The molecule has 156 valence electrons. The average molecular weight is 418 g/mol. The number of carboxylic acids is 1. The Kier molecular flexibility index (Phi) is 6.22. The van der Waals surface area contributed by atoms with Crippen LogP contribution in [0.1, 0.15) is 53.8 Å². The van der Waals surface area contributed by atoms with Crippen molar-refractivity contribution in [3.05, 3.63) is 58.4 Å². The number of aromatic carboxylic acids is 1. The summed E-state index contributed by atoms with van der Waals surface area (Å²) in [6.45, 7) is 5.40. The summed E-state index contributed by atoms with van der Waals surface area (Å²) >= 11 is 6.10. The van der Waals surface area contributed by atoms with Crippen molar-refractivity contribution in [3.63, 3.8) is 0 Å². The third kappa shape index (κ3) is 4.42. The molecule has 1 saturated heterocycles. The summed E-state index contributed by atoms with van der Waals surface area (Å²) < 4.78 is 2.05. The molecule has 2 heterocycles. The molecular formula is C22H28ClN3O3. The topological polar surface area (TPSA) is 65.8 Å². The molecule has 1 aliphatic rings. The molecule has 1 fully saturated rings. The molecule has 0 radical (unpaired) electrons. The second kappa shape index (κ2) is 8.49. The molecule has 2 amide bonds. The minimum absolute atomic E-state index is 0.0149. The summed E-state index contributed by atoms with van der Waals surface area (Å²) in [5.74, 6) is -0.817. The Morgan fingerprint density at radius 2 is 1.72 bits per heavy atom. The van der Waals surface area contributed by atoms with E-state index in [2.05, 4.69) is 13.8 Å². The molecule has 29 heavy (non-hydrogen) atoms. The maximum atomic E-state index is 12.1. The molecule has 1 unspecified atom stereocenters. The molecule has 1 aromatic carbocycles. The highest BCUT2D eigenvalue weighted by atomic mass is 35.5. The van der Waals surface area contributed by atoms with Crippen LogP contribution in [-0.2, 0) is 0 Å². The van der Waals surface area contributed by atoms with Gasteiger partial charge in [-0.05, 0) is 49.9 Å². The van der Waals surface area contributed by atoms with Crippen LogP contribution in [0.2, 0.25) is 5.02 Å². The average Bonchev–Trinajstić information content (AvgIpc) is 3.10. The SMILES string of the molecule is CC(C)n1ccc(C(=O)O)c1C(CC1CN(C)C(=O)N(C)C1)c1ccc(Cl)cc1. The van der Waals surface area contributed by atoms with E-state index >= 15 is 0 Å². The molecule has 1 aromatic heterocycles. The lowest BCUT2D eigenvalue weighted by Crippen LogP contribution is -2.50. The van der Waals surface area contributed by atoms with E-state index in [1.54, 1.807) is 15.9 Å². The quantitative estimate of drug-likeness (QED) is 0.749. The van der Waals surface area contributed by atoms with E-state index in [1.165, 1.54) is 0 Å². The fourth-order valence-electron chi connectivity index (χ4n) is 4.32. The van der Waals surface area contributed by atoms with Gasteiger partial charge >= 0.3 is 12.0 Å². The van der Waals surface area contributed by atoms with Crippen molar-refractivity contribution >= 4 is 23.6 Å². The maximum Gasteiger partial charge on any atom is 0.337 e. The summed E-state index contributed by atoms with van der Waals surface area (Å²) in [6.07, 6.45) is 2.59. The van der Waals surface area contributed by atoms with Crippen LogP contribution < -0.4 is 0 Å². The number of nitrogens with zero attached hydrogens (tertiary/aromatic N) is 3. The molecule has 7 heteroatoms. The van der Waals surface area contributed by atoms with Gasteiger partial charge in [0, 0.05) is 56.1 Å². The number of hydrogen-bond donors (Lipinski definition) is 1. The number of benzene rings is 1. The lowest BCUT2D eigenvalue weighted by atomic mass is 9.83. The van der Waals surface area contributed by atoms with E-state index in [0.29, 0.717) is 23.7 Å². The summed E-state index contributed by atoms with van der Waals surface area (Å²) in [5, 5.41) is 10.5.